The minimum Gasteiger partial charge on any atom is -0.493 e. The van der Waals surface area contributed by atoms with Crippen molar-refractivity contribution in [2.75, 3.05) is 6.61 Å². The summed E-state index contributed by atoms with van der Waals surface area (Å²) in [6.45, 7) is 14.0. The molecule has 1 heterocycles. The van der Waals surface area contributed by atoms with E-state index in [4.69, 9.17) is 4.74 Å². The van der Waals surface area contributed by atoms with Crippen LogP contribution in [0.1, 0.15) is 97.2 Å². The molecular formula is C27H38N2O2. The van der Waals surface area contributed by atoms with Gasteiger partial charge in [0.1, 0.15) is 5.75 Å². The molecule has 1 aromatic carbocycles. The van der Waals surface area contributed by atoms with Gasteiger partial charge in [-0.15, -0.1) is 0 Å². The van der Waals surface area contributed by atoms with Gasteiger partial charge in [0.05, 0.1) is 18.0 Å². The van der Waals surface area contributed by atoms with E-state index < -0.39 is 0 Å². The molecule has 1 saturated carbocycles. The molecule has 4 heteroatoms. The number of carbonyl (C=O) groups excluding carboxylic acids is 1. The quantitative estimate of drug-likeness (QED) is 0.443. The topological polar surface area (TPSA) is 44.1 Å². The Hall–Kier alpha value is -2.10. The number of hydrogen-bond donors (Lipinski definition) is 0. The zero-order chi connectivity index (χ0) is 22.3. The molecular weight excluding hydrogens is 384 g/mol. The molecule has 4 rings (SSSR count). The average Bonchev–Trinajstić information content (AvgIpc) is 3.03. The van der Waals surface area contributed by atoms with E-state index in [1.54, 1.807) is 4.68 Å². The first kappa shape index (κ1) is 22.1. The lowest BCUT2D eigenvalue weighted by atomic mass is 9.98. The summed E-state index contributed by atoms with van der Waals surface area (Å²) in [6.07, 6.45) is 7.07. The van der Waals surface area contributed by atoms with Crippen LogP contribution in [0.5, 0.6) is 5.75 Å². The van der Waals surface area contributed by atoms with E-state index in [0.717, 1.165) is 48.4 Å². The Labute approximate surface area is 187 Å². The van der Waals surface area contributed by atoms with Crippen molar-refractivity contribution in [3.05, 3.63) is 45.8 Å². The summed E-state index contributed by atoms with van der Waals surface area (Å²) >= 11 is 0. The Morgan fingerprint density at radius 2 is 1.87 bits per heavy atom. The SMILES string of the molecule is CCCCCCOc1c(C)cc(CCC(=O)n2nc(C)c3c2CC2C3C2(C)C)cc1C. The molecule has 0 N–H and O–H groups in total. The van der Waals surface area contributed by atoms with Crippen LogP contribution in [0.4, 0.5) is 0 Å². The molecule has 0 spiro atoms. The van der Waals surface area contributed by atoms with Gasteiger partial charge in [-0.2, -0.15) is 5.10 Å². The molecule has 31 heavy (non-hydrogen) atoms. The van der Waals surface area contributed by atoms with Crippen molar-refractivity contribution < 1.29 is 9.53 Å². The van der Waals surface area contributed by atoms with Gasteiger partial charge in [0.15, 0.2) is 0 Å². The van der Waals surface area contributed by atoms with Crippen molar-refractivity contribution in [1.82, 2.24) is 9.78 Å². The van der Waals surface area contributed by atoms with Gasteiger partial charge in [0.25, 0.3) is 0 Å². The number of carbonyl (C=O) groups is 1. The standard InChI is InChI=1S/C27H38N2O2/c1-7-8-9-10-13-31-26-17(2)14-20(15-18(26)3)11-12-23(30)29-22-16-21-25(27(21,5)6)24(22)19(4)28-29/h14-15,21,25H,7-13,16H2,1-6H3. The van der Waals surface area contributed by atoms with Gasteiger partial charge in [-0.1, -0.05) is 52.2 Å². The van der Waals surface area contributed by atoms with Gasteiger partial charge in [-0.25, -0.2) is 4.68 Å². The molecule has 2 aliphatic carbocycles. The predicted octanol–water partition coefficient (Wildman–Crippen LogP) is 6.34. The van der Waals surface area contributed by atoms with Crippen LogP contribution in [0.2, 0.25) is 0 Å². The highest BCUT2D eigenvalue weighted by Gasteiger charge is 2.64. The average molecular weight is 423 g/mol. The van der Waals surface area contributed by atoms with Crippen molar-refractivity contribution in [3.8, 4) is 5.75 Å². The smallest absolute Gasteiger partial charge is 0.247 e. The fourth-order valence-corrected chi connectivity index (χ4v) is 5.77. The van der Waals surface area contributed by atoms with E-state index in [9.17, 15) is 4.79 Å². The Morgan fingerprint density at radius 1 is 1.16 bits per heavy atom. The fraction of sp³-hybridized carbons (Fsp3) is 0.630. The third-order valence-corrected chi connectivity index (χ3v) is 7.61. The van der Waals surface area contributed by atoms with Crippen molar-refractivity contribution in [2.24, 2.45) is 11.3 Å². The minimum atomic E-state index is 0.120. The Kier molecular flexibility index (Phi) is 6.02. The summed E-state index contributed by atoms with van der Waals surface area (Å²) in [5.41, 5.74) is 7.49. The molecule has 0 amide bonds. The van der Waals surface area contributed by atoms with Crippen LogP contribution in [0.15, 0.2) is 12.1 Å². The number of nitrogens with zero attached hydrogens (tertiary/aromatic N) is 2. The minimum absolute atomic E-state index is 0.120. The molecule has 1 aromatic heterocycles. The number of unbranched alkanes of at least 4 members (excludes halogenated alkanes) is 3. The monoisotopic (exact) mass is 422 g/mol. The van der Waals surface area contributed by atoms with E-state index in [2.05, 4.69) is 58.8 Å². The molecule has 2 aromatic rings. The molecule has 4 nitrogen and oxygen atoms in total. The normalized spacial score (nSPS) is 20.5. The second-order valence-corrected chi connectivity index (χ2v) is 10.3. The Balaban J connectivity index is 1.37. The zero-order valence-corrected chi connectivity index (χ0v) is 20.2. The van der Waals surface area contributed by atoms with Crippen LogP contribution in [-0.2, 0) is 12.8 Å². The first-order chi connectivity index (χ1) is 14.8. The van der Waals surface area contributed by atoms with Crippen molar-refractivity contribution in [1.29, 1.82) is 0 Å². The van der Waals surface area contributed by atoms with Crippen LogP contribution >= 0.6 is 0 Å². The van der Waals surface area contributed by atoms with E-state index >= 15 is 0 Å². The van der Waals surface area contributed by atoms with Crippen molar-refractivity contribution in [3.63, 3.8) is 0 Å². The predicted molar refractivity (Wildman–Crippen MR) is 125 cm³/mol. The summed E-state index contributed by atoms with van der Waals surface area (Å²) in [5, 5.41) is 4.64. The molecule has 2 atom stereocenters. The second-order valence-electron chi connectivity index (χ2n) is 10.3. The highest BCUT2D eigenvalue weighted by atomic mass is 16.5. The van der Waals surface area contributed by atoms with Crippen LogP contribution in [0.3, 0.4) is 0 Å². The first-order valence-corrected chi connectivity index (χ1v) is 12.1. The maximum Gasteiger partial charge on any atom is 0.247 e. The number of aromatic nitrogens is 2. The van der Waals surface area contributed by atoms with Crippen molar-refractivity contribution in [2.45, 2.75) is 92.4 Å². The van der Waals surface area contributed by atoms with E-state index in [1.165, 1.54) is 36.1 Å². The van der Waals surface area contributed by atoms with E-state index in [-0.39, 0.29) is 5.91 Å². The first-order valence-electron chi connectivity index (χ1n) is 12.1. The number of ether oxygens (including phenoxy) is 1. The van der Waals surface area contributed by atoms with Crippen LogP contribution < -0.4 is 4.74 Å². The van der Waals surface area contributed by atoms with Crippen LogP contribution in [0, 0.1) is 32.1 Å². The maximum atomic E-state index is 13.0. The largest absolute Gasteiger partial charge is 0.493 e. The van der Waals surface area contributed by atoms with Gasteiger partial charge >= 0.3 is 0 Å². The lowest BCUT2D eigenvalue weighted by molar-refractivity contribution is 0.0882. The number of benzene rings is 1. The third kappa shape index (κ3) is 4.06. The second kappa shape index (κ2) is 8.44. The van der Waals surface area contributed by atoms with Crippen LogP contribution in [-0.4, -0.2) is 22.3 Å². The highest BCUT2D eigenvalue weighted by molar-refractivity contribution is 5.80. The number of aryl methyl sites for hydroxylation is 4. The van der Waals surface area contributed by atoms with Crippen LogP contribution in [0.25, 0.3) is 0 Å². The zero-order valence-electron chi connectivity index (χ0n) is 20.2. The van der Waals surface area contributed by atoms with E-state index in [0.29, 0.717) is 23.7 Å². The molecule has 0 bridgehead atoms. The molecule has 0 aliphatic heterocycles. The molecule has 0 radical (unpaired) electrons. The Bertz CT molecular complexity index is 962. The summed E-state index contributed by atoms with van der Waals surface area (Å²) in [6, 6.07) is 4.36. The number of rotatable bonds is 9. The number of hydrogen-bond acceptors (Lipinski definition) is 3. The number of fused-ring (bicyclic) bond motifs is 3. The van der Waals surface area contributed by atoms with Gasteiger partial charge in [-0.05, 0) is 74.0 Å². The summed E-state index contributed by atoms with van der Waals surface area (Å²) in [7, 11) is 0. The highest BCUT2D eigenvalue weighted by Crippen LogP contribution is 2.70. The van der Waals surface area contributed by atoms with Gasteiger partial charge < -0.3 is 4.74 Å². The van der Waals surface area contributed by atoms with Crippen molar-refractivity contribution >= 4 is 5.91 Å². The maximum absolute atomic E-state index is 13.0. The molecule has 168 valence electrons. The molecule has 2 unspecified atom stereocenters. The summed E-state index contributed by atoms with van der Waals surface area (Å²) < 4.78 is 7.79. The Morgan fingerprint density at radius 3 is 2.55 bits per heavy atom. The molecule has 0 saturated heterocycles. The molecule has 2 aliphatic rings. The summed E-state index contributed by atoms with van der Waals surface area (Å²) in [4.78, 5) is 13.0. The third-order valence-electron chi connectivity index (χ3n) is 7.61. The van der Waals surface area contributed by atoms with Gasteiger partial charge in [0, 0.05) is 12.0 Å². The van der Waals surface area contributed by atoms with E-state index in [1.807, 2.05) is 0 Å². The lowest BCUT2D eigenvalue weighted by Gasteiger charge is -2.14. The van der Waals surface area contributed by atoms with Gasteiger partial charge in [0.2, 0.25) is 5.91 Å². The summed E-state index contributed by atoms with van der Waals surface area (Å²) in [5.74, 6) is 2.42. The lowest BCUT2D eigenvalue weighted by Crippen LogP contribution is -2.17. The molecule has 1 fully saturated rings. The van der Waals surface area contributed by atoms with Gasteiger partial charge in [-0.3, -0.25) is 4.79 Å². The fourth-order valence-electron chi connectivity index (χ4n) is 5.77.